The Bertz CT molecular complexity index is 929. The van der Waals surface area contributed by atoms with Gasteiger partial charge in [0.2, 0.25) is 10.0 Å². The van der Waals surface area contributed by atoms with Gasteiger partial charge in [0.05, 0.1) is 14.9 Å². The molecule has 2 heterocycles. The van der Waals surface area contributed by atoms with Crippen molar-refractivity contribution in [3.8, 4) is 0 Å². The van der Waals surface area contributed by atoms with Crippen LogP contribution in [0.3, 0.4) is 0 Å². The van der Waals surface area contributed by atoms with E-state index in [1.807, 2.05) is 0 Å². The average Bonchev–Trinajstić information content (AvgIpc) is 2.92. The summed E-state index contributed by atoms with van der Waals surface area (Å²) in [4.78, 5) is 12.7. The highest BCUT2D eigenvalue weighted by Crippen LogP contribution is 2.27. The van der Waals surface area contributed by atoms with Crippen molar-refractivity contribution in [1.82, 2.24) is 9.62 Å². The smallest absolute Gasteiger partial charge is 0.256 e. The summed E-state index contributed by atoms with van der Waals surface area (Å²) < 4.78 is 33.0. The van der Waals surface area contributed by atoms with Gasteiger partial charge in [0, 0.05) is 19.6 Å². The monoisotopic (exact) mass is 454 g/mol. The van der Waals surface area contributed by atoms with Crippen LogP contribution in [0.1, 0.15) is 46.7 Å². The zero-order valence-electron chi connectivity index (χ0n) is 15.4. The van der Waals surface area contributed by atoms with E-state index in [4.69, 9.17) is 4.42 Å². The van der Waals surface area contributed by atoms with E-state index in [-0.39, 0.29) is 5.91 Å². The first-order valence-electron chi connectivity index (χ1n) is 8.93. The molecule has 3 rings (SSSR count). The Balaban J connectivity index is 1.66. The maximum Gasteiger partial charge on any atom is 0.256 e. The molecule has 1 aliphatic heterocycles. The van der Waals surface area contributed by atoms with Crippen molar-refractivity contribution in [2.45, 2.75) is 44.6 Å². The summed E-state index contributed by atoms with van der Waals surface area (Å²) in [6.45, 7) is 5.00. The molecule has 1 N–H and O–H groups in total. The number of nitrogens with zero attached hydrogens (tertiary/aromatic N) is 1. The molecule has 1 saturated heterocycles. The molecular formula is C19H23BrN2O4S. The number of carbonyl (C=O) groups excluding carboxylic acids is 1. The number of hydrogen-bond acceptors (Lipinski definition) is 4. The predicted octanol–water partition coefficient (Wildman–Crippen LogP) is 3.76. The standard InChI is InChI=1S/C19H23BrN2O4S/c1-13-17(18(20)14(2)26-13)19(23)21-12-15-6-8-16(9-7-15)27(24,25)22-10-4-3-5-11-22/h6-9H,3-5,10-12H2,1-2H3,(H,21,23). The zero-order chi connectivity index (χ0) is 19.6. The first-order valence-corrected chi connectivity index (χ1v) is 11.2. The van der Waals surface area contributed by atoms with Gasteiger partial charge < -0.3 is 9.73 Å². The van der Waals surface area contributed by atoms with Crippen LogP contribution in [-0.4, -0.2) is 31.7 Å². The number of benzene rings is 1. The van der Waals surface area contributed by atoms with Crippen LogP contribution >= 0.6 is 15.9 Å². The van der Waals surface area contributed by atoms with E-state index in [1.54, 1.807) is 42.4 Å². The van der Waals surface area contributed by atoms with Crippen molar-refractivity contribution >= 4 is 31.9 Å². The van der Waals surface area contributed by atoms with Crippen molar-refractivity contribution in [2.24, 2.45) is 0 Å². The number of rotatable bonds is 5. The van der Waals surface area contributed by atoms with Crippen LogP contribution < -0.4 is 5.32 Å². The minimum Gasteiger partial charge on any atom is -0.465 e. The molecule has 27 heavy (non-hydrogen) atoms. The summed E-state index contributed by atoms with van der Waals surface area (Å²) in [5.41, 5.74) is 1.31. The molecule has 0 saturated carbocycles. The predicted molar refractivity (Wildman–Crippen MR) is 106 cm³/mol. The average molecular weight is 455 g/mol. The molecule has 0 bridgehead atoms. The van der Waals surface area contributed by atoms with Crippen LogP contribution in [0.15, 0.2) is 38.1 Å². The lowest BCUT2D eigenvalue weighted by Crippen LogP contribution is -2.35. The van der Waals surface area contributed by atoms with E-state index in [2.05, 4.69) is 21.2 Å². The van der Waals surface area contributed by atoms with Crippen LogP contribution in [0.4, 0.5) is 0 Å². The Morgan fingerprint density at radius 2 is 1.74 bits per heavy atom. The molecule has 0 radical (unpaired) electrons. The van der Waals surface area contributed by atoms with Gasteiger partial charge in [-0.25, -0.2) is 8.42 Å². The first-order chi connectivity index (χ1) is 12.8. The lowest BCUT2D eigenvalue weighted by atomic mass is 10.2. The normalized spacial score (nSPS) is 15.7. The lowest BCUT2D eigenvalue weighted by Gasteiger charge is -2.25. The van der Waals surface area contributed by atoms with Gasteiger partial charge in [-0.2, -0.15) is 4.31 Å². The maximum atomic E-state index is 12.7. The maximum absolute atomic E-state index is 12.7. The highest BCUT2D eigenvalue weighted by Gasteiger charge is 2.25. The van der Waals surface area contributed by atoms with Crippen molar-refractivity contribution in [2.75, 3.05) is 13.1 Å². The van der Waals surface area contributed by atoms with Crippen molar-refractivity contribution in [3.05, 3.63) is 51.4 Å². The van der Waals surface area contributed by atoms with Crippen LogP contribution in [0.2, 0.25) is 0 Å². The van der Waals surface area contributed by atoms with Gasteiger partial charge in [-0.3, -0.25) is 4.79 Å². The molecule has 1 amide bonds. The summed E-state index contributed by atoms with van der Waals surface area (Å²) >= 11 is 3.37. The highest BCUT2D eigenvalue weighted by atomic mass is 79.9. The van der Waals surface area contributed by atoms with Crippen molar-refractivity contribution < 1.29 is 17.6 Å². The molecule has 6 nitrogen and oxygen atoms in total. The Morgan fingerprint density at radius 1 is 1.11 bits per heavy atom. The lowest BCUT2D eigenvalue weighted by molar-refractivity contribution is 0.0948. The summed E-state index contributed by atoms with van der Waals surface area (Å²) in [6.07, 6.45) is 2.90. The van der Waals surface area contributed by atoms with Gasteiger partial charge in [0.25, 0.3) is 5.91 Å². The number of piperidine rings is 1. The highest BCUT2D eigenvalue weighted by molar-refractivity contribution is 9.10. The molecule has 1 aromatic heterocycles. The van der Waals surface area contributed by atoms with Crippen molar-refractivity contribution in [3.63, 3.8) is 0 Å². The summed E-state index contributed by atoms with van der Waals surface area (Å²) in [5.74, 6) is 0.978. The zero-order valence-corrected chi connectivity index (χ0v) is 17.8. The number of aryl methyl sites for hydroxylation is 2. The number of amides is 1. The fourth-order valence-corrected chi connectivity index (χ4v) is 5.28. The largest absolute Gasteiger partial charge is 0.465 e. The van der Waals surface area contributed by atoms with E-state index >= 15 is 0 Å². The Labute approximate surface area is 168 Å². The molecule has 0 aliphatic carbocycles. The fourth-order valence-electron chi connectivity index (χ4n) is 3.22. The van der Waals surface area contributed by atoms with Crippen LogP contribution in [0.5, 0.6) is 0 Å². The van der Waals surface area contributed by atoms with Crippen molar-refractivity contribution in [1.29, 1.82) is 0 Å². The summed E-state index contributed by atoms with van der Waals surface area (Å²) in [6, 6.07) is 6.68. The molecule has 8 heteroatoms. The fraction of sp³-hybridized carbons (Fsp3) is 0.421. The van der Waals surface area contributed by atoms with Gasteiger partial charge in [0.1, 0.15) is 11.5 Å². The van der Waals surface area contributed by atoms with Gasteiger partial charge in [0.15, 0.2) is 0 Å². The number of hydrogen-bond donors (Lipinski definition) is 1. The van der Waals surface area contributed by atoms with E-state index < -0.39 is 10.0 Å². The van der Waals surface area contributed by atoms with E-state index in [1.165, 1.54) is 0 Å². The molecule has 146 valence electrons. The molecule has 0 atom stereocenters. The van der Waals surface area contributed by atoms with Gasteiger partial charge in [-0.05, 0) is 60.3 Å². The van der Waals surface area contributed by atoms with Gasteiger partial charge in [-0.15, -0.1) is 0 Å². The molecular weight excluding hydrogens is 432 g/mol. The minimum absolute atomic E-state index is 0.235. The summed E-state index contributed by atoms with van der Waals surface area (Å²) in [5, 5.41) is 2.84. The van der Waals surface area contributed by atoms with Crippen LogP contribution in [-0.2, 0) is 16.6 Å². The van der Waals surface area contributed by atoms with Gasteiger partial charge >= 0.3 is 0 Å². The number of sulfonamides is 1. The molecule has 0 spiro atoms. The third-order valence-corrected chi connectivity index (χ3v) is 7.61. The molecule has 2 aromatic rings. The molecule has 0 unspecified atom stereocenters. The van der Waals surface area contributed by atoms with Crippen LogP contribution in [0.25, 0.3) is 0 Å². The second-order valence-electron chi connectivity index (χ2n) is 6.69. The number of carbonyl (C=O) groups is 1. The van der Waals surface area contributed by atoms with Crippen LogP contribution in [0, 0.1) is 13.8 Å². The molecule has 1 aliphatic rings. The SMILES string of the molecule is Cc1oc(C)c(C(=O)NCc2ccc(S(=O)(=O)N3CCCCC3)cc2)c1Br. The Kier molecular flexibility index (Phi) is 6.08. The topological polar surface area (TPSA) is 79.6 Å². The van der Waals surface area contributed by atoms with Gasteiger partial charge in [-0.1, -0.05) is 18.6 Å². The number of nitrogens with one attached hydrogen (secondary N) is 1. The molecule has 1 aromatic carbocycles. The molecule has 1 fully saturated rings. The number of furan rings is 1. The van der Waals surface area contributed by atoms with E-state index in [0.29, 0.717) is 46.1 Å². The Hall–Kier alpha value is -1.64. The third-order valence-electron chi connectivity index (χ3n) is 4.74. The first kappa shape index (κ1) is 20.1. The van der Waals surface area contributed by atoms with E-state index in [0.717, 1.165) is 24.8 Å². The summed E-state index contributed by atoms with van der Waals surface area (Å²) in [7, 11) is -3.43. The second kappa shape index (κ2) is 8.16. The second-order valence-corrected chi connectivity index (χ2v) is 9.43. The van der Waals surface area contributed by atoms with E-state index in [9.17, 15) is 13.2 Å². The number of halogens is 1. The quantitative estimate of drug-likeness (QED) is 0.745. The third kappa shape index (κ3) is 4.28. The minimum atomic E-state index is -3.43. The Morgan fingerprint density at radius 3 is 2.30 bits per heavy atom.